The van der Waals surface area contributed by atoms with E-state index in [0.29, 0.717) is 0 Å². The van der Waals surface area contributed by atoms with Crippen LogP contribution in [0, 0.1) is 0 Å². The fraction of sp³-hybridized carbons (Fsp3) is 0.438. The minimum atomic E-state index is 0.857. The van der Waals surface area contributed by atoms with Crippen molar-refractivity contribution in [1.82, 2.24) is 9.97 Å². The third-order valence-corrected chi connectivity index (χ3v) is 3.78. The van der Waals surface area contributed by atoms with Crippen LogP contribution in [0.1, 0.15) is 39.0 Å². The molecule has 0 aliphatic rings. The van der Waals surface area contributed by atoms with E-state index in [1.807, 2.05) is 18.3 Å². The summed E-state index contributed by atoms with van der Waals surface area (Å²) in [5.74, 6) is 0.857. The van der Waals surface area contributed by atoms with Crippen molar-refractivity contribution in [1.29, 1.82) is 0 Å². The van der Waals surface area contributed by atoms with Gasteiger partial charge in [-0.05, 0) is 18.6 Å². The third-order valence-electron chi connectivity index (χ3n) is 3.28. The molecule has 1 aromatic carbocycles. The molecular formula is C16H22BrN3. The summed E-state index contributed by atoms with van der Waals surface area (Å²) < 4.78 is 1.08. The Morgan fingerprint density at radius 1 is 1.20 bits per heavy atom. The van der Waals surface area contributed by atoms with Gasteiger partial charge in [0.15, 0.2) is 0 Å². The van der Waals surface area contributed by atoms with E-state index in [1.54, 1.807) is 0 Å². The van der Waals surface area contributed by atoms with Crippen molar-refractivity contribution in [2.24, 2.45) is 0 Å². The Hall–Kier alpha value is -1.29. The fourth-order valence-electron chi connectivity index (χ4n) is 2.15. The van der Waals surface area contributed by atoms with Gasteiger partial charge in [-0.25, -0.2) is 4.98 Å². The standard InChI is InChI=1S/C16H22BrN3/c1-2-3-4-5-6-10-18-16-19-12-15(20-16)13-8-7-9-14(17)11-13/h7-9,11-12H,2-6,10H2,1H3,(H2,18,19,20). The van der Waals surface area contributed by atoms with Gasteiger partial charge in [0.1, 0.15) is 0 Å². The maximum Gasteiger partial charge on any atom is 0.200 e. The Morgan fingerprint density at radius 2 is 2.05 bits per heavy atom. The summed E-state index contributed by atoms with van der Waals surface area (Å²) >= 11 is 3.49. The Kier molecular flexibility index (Phi) is 6.12. The first-order valence-corrected chi connectivity index (χ1v) is 8.13. The van der Waals surface area contributed by atoms with Gasteiger partial charge < -0.3 is 10.3 Å². The van der Waals surface area contributed by atoms with Crippen molar-refractivity contribution in [3.63, 3.8) is 0 Å². The summed E-state index contributed by atoms with van der Waals surface area (Å²) in [4.78, 5) is 7.69. The van der Waals surface area contributed by atoms with Crippen LogP contribution in [0.5, 0.6) is 0 Å². The highest BCUT2D eigenvalue weighted by Gasteiger charge is 2.03. The number of aromatic nitrogens is 2. The van der Waals surface area contributed by atoms with E-state index < -0.39 is 0 Å². The number of aromatic amines is 1. The predicted octanol–water partition coefficient (Wildman–Crippen LogP) is 5.22. The molecule has 3 nitrogen and oxygen atoms in total. The highest BCUT2D eigenvalue weighted by atomic mass is 79.9. The molecule has 0 bridgehead atoms. The second-order valence-corrected chi connectivity index (χ2v) is 5.91. The smallest absolute Gasteiger partial charge is 0.200 e. The van der Waals surface area contributed by atoms with Gasteiger partial charge in [-0.3, -0.25) is 0 Å². The number of unbranched alkanes of at least 4 members (excludes halogenated alkanes) is 4. The number of nitrogens with zero attached hydrogens (tertiary/aromatic N) is 1. The zero-order chi connectivity index (χ0) is 14.2. The Balaban J connectivity index is 1.80. The highest BCUT2D eigenvalue weighted by molar-refractivity contribution is 9.10. The van der Waals surface area contributed by atoms with Crippen LogP contribution < -0.4 is 5.32 Å². The molecule has 0 unspecified atom stereocenters. The fourth-order valence-corrected chi connectivity index (χ4v) is 2.55. The van der Waals surface area contributed by atoms with Gasteiger partial charge in [0.25, 0.3) is 0 Å². The van der Waals surface area contributed by atoms with Gasteiger partial charge in [-0.2, -0.15) is 0 Å². The molecule has 1 aromatic heterocycles. The maximum atomic E-state index is 4.37. The number of anilines is 1. The molecule has 2 aromatic rings. The van der Waals surface area contributed by atoms with E-state index in [2.05, 4.69) is 50.3 Å². The minimum absolute atomic E-state index is 0.857. The van der Waals surface area contributed by atoms with Gasteiger partial charge >= 0.3 is 0 Å². The van der Waals surface area contributed by atoms with Gasteiger partial charge in [-0.15, -0.1) is 0 Å². The SMILES string of the molecule is CCCCCCCNc1ncc(-c2cccc(Br)c2)[nH]1. The van der Waals surface area contributed by atoms with E-state index in [-0.39, 0.29) is 0 Å². The first-order valence-electron chi connectivity index (χ1n) is 7.34. The molecule has 0 aliphatic carbocycles. The molecule has 20 heavy (non-hydrogen) atoms. The summed E-state index contributed by atoms with van der Waals surface area (Å²) in [5, 5.41) is 3.35. The van der Waals surface area contributed by atoms with Gasteiger partial charge in [0.2, 0.25) is 5.95 Å². The molecule has 0 saturated carbocycles. The van der Waals surface area contributed by atoms with E-state index in [0.717, 1.165) is 28.2 Å². The first kappa shape index (κ1) is 15.1. The molecule has 1 heterocycles. The largest absolute Gasteiger partial charge is 0.356 e. The van der Waals surface area contributed by atoms with Crippen LogP contribution in [-0.4, -0.2) is 16.5 Å². The van der Waals surface area contributed by atoms with Crippen molar-refractivity contribution >= 4 is 21.9 Å². The summed E-state index contributed by atoms with van der Waals surface area (Å²) in [6.07, 6.45) is 8.34. The lowest BCUT2D eigenvalue weighted by Gasteiger charge is -2.03. The quantitative estimate of drug-likeness (QED) is 0.649. The van der Waals surface area contributed by atoms with E-state index in [9.17, 15) is 0 Å². The summed E-state index contributed by atoms with van der Waals surface area (Å²) in [7, 11) is 0. The number of hydrogen-bond donors (Lipinski definition) is 2. The van der Waals surface area contributed by atoms with Crippen LogP contribution >= 0.6 is 15.9 Å². The molecule has 108 valence electrons. The number of benzene rings is 1. The first-order chi connectivity index (χ1) is 9.79. The number of rotatable bonds is 8. The summed E-state index contributed by atoms with van der Waals surface area (Å²) in [5.41, 5.74) is 2.18. The molecule has 0 spiro atoms. The number of H-pyrrole nitrogens is 1. The Labute approximate surface area is 129 Å². The monoisotopic (exact) mass is 335 g/mol. The third kappa shape index (κ3) is 4.67. The van der Waals surface area contributed by atoms with Gasteiger partial charge in [0, 0.05) is 16.6 Å². The van der Waals surface area contributed by atoms with Crippen molar-refractivity contribution < 1.29 is 0 Å². The molecule has 2 N–H and O–H groups in total. The topological polar surface area (TPSA) is 40.7 Å². The average molecular weight is 336 g/mol. The van der Waals surface area contributed by atoms with Gasteiger partial charge in [0.05, 0.1) is 11.9 Å². The summed E-state index contributed by atoms with van der Waals surface area (Å²) in [6, 6.07) is 8.21. The average Bonchev–Trinajstić information content (AvgIpc) is 2.91. The molecule has 0 saturated heterocycles. The van der Waals surface area contributed by atoms with Gasteiger partial charge in [-0.1, -0.05) is 60.7 Å². The Bertz CT molecular complexity index is 522. The number of imidazole rings is 1. The number of halogens is 1. The molecule has 0 atom stereocenters. The van der Waals surface area contributed by atoms with Crippen LogP contribution in [0.15, 0.2) is 34.9 Å². The molecule has 0 fully saturated rings. The van der Waals surface area contributed by atoms with Crippen LogP contribution in [0.4, 0.5) is 5.95 Å². The molecule has 0 aliphatic heterocycles. The van der Waals surface area contributed by atoms with Crippen LogP contribution in [0.2, 0.25) is 0 Å². The second kappa shape index (κ2) is 8.10. The van der Waals surface area contributed by atoms with Crippen LogP contribution in [0.3, 0.4) is 0 Å². The lowest BCUT2D eigenvalue weighted by atomic mass is 10.1. The zero-order valence-electron chi connectivity index (χ0n) is 12.0. The number of nitrogens with one attached hydrogen (secondary N) is 2. The van der Waals surface area contributed by atoms with Crippen molar-refractivity contribution in [2.75, 3.05) is 11.9 Å². The van der Waals surface area contributed by atoms with E-state index >= 15 is 0 Å². The molecule has 0 amide bonds. The van der Waals surface area contributed by atoms with Crippen molar-refractivity contribution in [3.05, 3.63) is 34.9 Å². The predicted molar refractivity (Wildman–Crippen MR) is 89.0 cm³/mol. The Morgan fingerprint density at radius 3 is 2.85 bits per heavy atom. The normalized spacial score (nSPS) is 10.7. The molecule has 4 heteroatoms. The number of hydrogen-bond acceptors (Lipinski definition) is 2. The molecule has 2 rings (SSSR count). The zero-order valence-corrected chi connectivity index (χ0v) is 13.5. The minimum Gasteiger partial charge on any atom is -0.356 e. The van der Waals surface area contributed by atoms with E-state index in [4.69, 9.17) is 0 Å². The summed E-state index contributed by atoms with van der Waals surface area (Å²) in [6.45, 7) is 3.22. The van der Waals surface area contributed by atoms with Crippen LogP contribution in [0.25, 0.3) is 11.3 Å². The van der Waals surface area contributed by atoms with Crippen molar-refractivity contribution in [3.8, 4) is 11.3 Å². The lowest BCUT2D eigenvalue weighted by molar-refractivity contribution is 0.644. The second-order valence-electron chi connectivity index (χ2n) is 5.00. The lowest BCUT2D eigenvalue weighted by Crippen LogP contribution is -2.02. The van der Waals surface area contributed by atoms with Crippen LogP contribution in [-0.2, 0) is 0 Å². The van der Waals surface area contributed by atoms with Crippen molar-refractivity contribution in [2.45, 2.75) is 39.0 Å². The maximum absolute atomic E-state index is 4.37. The molecule has 0 radical (unpaired) electrons. The highest BCUT2D eigenvalue weighted by Crippen LogP contribution is 2.22. The van der Waals surface area contributed by atoms with E-state index in [1.165, 1.54) is 32.1 Å². The molecular weight excluding hydrogens is 314 g/mol.